The Morgan fingerprint density at radius 1 is 1.43 bits per heavy atom. The molecule has 0 amide bonds. The molecule has 44 valence electrons. The van der Waals surface area contributed by atoms with Crippen LogP contribution in [-0.4, -0.2) is 11.5 Å². The molecule has 0 heterocycles. The smallest absolute Gasteiger partial charge is 0.00548 e. The minimum atomic E-state index is -0.190. The molecule has 7 heavy (non-hydrogen) atoms. The lowest BCUT2D eigenvalue weighted by Crippen LogP contribution is -1.80. The van der Waals surface area contributed by atoms with Crippen LogP contribution in [-0.2, 0) is 0 Å². The van der Waals surface area contributed by atoms with E-state index in [4.69, 9.17) is 0 Å². The number of hydrogen-bond acceptors (Lipinski definition) is 0. The van der Waals surface area contributed by atoms with Gasteiger partial charge in [-0.1, -0.05) is 0 Å². The molecule has 0 N–H and O–H groups in total. The summed E-state index contributed by atoms with van der Waals surface area (Å²) in [4.78, 5) is 0. The summed E-state index contributed by atoms with van der Waals surface area (Å²) in [5, 5.41) is 1.11. The first-order valence-corrected chi connectivity index (χ1v) is 9.46. The Labute approximate surface area is 70.3 Å². The van der Waals surface area contributed by atoms with Crippen LogP contribution in [0.2, 0.25) is 0 Å². The van der Waals surface area contributed by atoms with Gasteiger partial charge in [0.1, 0.15) is 0 Å². The first-order chi connectivity index (χ1) is 3.11. The van der Waals surface area contributed by atoms with Crippen molar-refractivity contribution in [2.75, 3.05) is 6.26 Å². The van der Waals surface area contributed by atoms with Crippen LogP contribution in [0.4, 0.5) is 0 Å². The molecular weight excluding hydrogens is 334 g/mol. The van der Waals surface area contributed by atoms with Gasteiger partial charge in [0.25, 0.3) is 0 Å². The van der Waals surface area contributed by atoms with Crippen molar-refractivity contribution in [1.29, 1.82) is 0 Å². The summed E-state index contributed by atoms with van der Waals surface area (Å²) in [6.07, 6.45) is 5.38. The van der Waals surface area contributed by atoms with Crippen molar-refractivity contribution in [2.45, 2.75) is 18.1 Å². The summed E-state index contributed by atoms with van der Waals surface area (Å²) >= 11 is 5.20. The molecule has 0 saturated heterocycles. The molecule has 1 aliphatic rings. The van der Waals surface area contributed by atoms with E-state index in [1.165, 1.54) is 12.8 Å². The Bertz CT molecular complexity index is 72.2. The molecule has 0 radical (unpaired) electrons. The maximum atomic E-state index is 2.60. The van der Waals surface area contributed by atoms with Gasteiger partial charge >= 0.3 is 0 Å². The van der Waals surface area contributed by atoms with Crippen molar-refractivity contribution in [3.8, 4) is 0 Å². The van der Waals surface area contributed by atoms with Crippen LogP contribution < -0.4 is 0 Å². The summed E-state index contributed by atoms with van der Waals surface area (Å²) in [5.41, 5.74) is 0. The fraction of sp³-hybridized carbons (Fsp3) is 1.00. The monoisotopic (exact) mass is 342 g/mol. The third-order valence-corrected chi connectivity index (χ3v) is 7.07. The second-order valence-electron chi connectivity index (χ2n) is 1.98. The Hall–Kier alpha value is 1.81. The van der Waals surface area contributed by atoms with Crippen LogP contribution in [0.3, 0.4) is 0 Å². The third-order valence-electron chi connectivity index (χ3n) is 1.11. The van der Waals surface area contributed by atoms with Crippen LogP contribution in [0.5, 0.6) is 0 Å². The summed E-state index contributed by atoms with van der Waals surface area (Å²) < 4.78 is -0.190. The zero-order valence-electron chi connectivity index (χ0n) is 4.16. The SMILES string of the molecule is CS(I)(I)C1CC1. The van der Waals surface area contributed by atoms with Crippen molar-refractivity contribution < 1.29 is 0 Å². The molecule has 0 aromatic rings. The predicted molar refractivity (Wildman–Crippen MR) is 54.6 cm³/mol. The van der Waals surface area contributed by atoms with Crippen molar-refractivity contribution in [2.24, 2.45) is 0 Å². The second kappa shape index (κ2) is 2.21. The van der Waals surface area contributed by atoms with Gasteiger partial charge < -0.3 is 0 Å². The topological polar surface area (TPSA) is 0 Å². The first-order valence-electron chi connectivity index (χ1n) is 2.27. The largest absolute Gasteiger partial charge is 0.133 e. The molecule has 0 aliphatic heterocycles. The summed E-state index contributed by atoms with van der Waals surface area (Å²) in [5.74, 6) is 0. The molecular formula is C4H8I2S. The number of halogens is 2. The maximum Gasteiger partial charge on any atom is 0.00548 e. The highest BCUT2D eigenvalue weighted by molar-refractivity contribution is 14.3. The molecule has 0 atom stereocenters. The number of rotatable bonds is 1. The van der Waals surface area contributed by atoms with Gasteiger partial charge in [0.15, 0.2) is 0 Å². The zero-order valence-corrected chi connectivity index (χ0v) is 9.29. The predicted octanol–water partition coefficient (Wildman–Crippen LogP) is 3.28. The van der Waals surface area contributed by atoms with E-state index < -0.39 is 0 Å². The molecule has 1 saturated carbocycles. The molecule has 1 rings (SSSR count). The average molecular weight is 342 g/mol. The van der Waals surface area contributed by atoms with Gasteiger partial charge in [0.05, 0.1) is 0 Å². The Morgan fingerprint density at radius 3 is 1.86 bits per heavy atom. The van der Waals surface area contributed by atoms with E-state index in [2.05, 4.69) is 48.7 Å². The Balaban J connectivity index is 2.36. The molecule has 0 bridgehead atoms. The van der Waals surface area contributed by atoms with Crippen LogP contribution in [0.1, 0.15) is 12.8 Å². The highest BCUT2D eigenvalue weighted by Gasteiger charge is 2.33. The summed E-state index contributed by atoms with van der Waals surface area (Å²) in [6.45, 7) is 0. The van der Waals surface area contributed by atoms with Gasteiger partial charge in [-0.15, -0.1) is 4.37 Å². The lowest BCUT2D eigenvalue weighted by Gasteiger charge is -2.17. The van der Waals surface area contributed by atoms with Crippen LogP contribution in [0, 0.1) is 0 Å². The van der Waals surface area contributed by atoms with E-state index in [-0.39, 0.29) is 4.37 Å². The molecule has 0 spiro atoms. The van der Waals surface area contributed by atoms with Crippen LogP contribution in [0.15, 0.2) is 0 Å². The van der Waals surface area contributed by atoms with E-state index in [1.54, 1.807) is 0 Å². The lowest BCUT2D eigenvalue weighted by molar-refractivity contribution is 1.50. The lowest BCUT2D eigenvalue weighted by atomic mass is 11.0. The Kier molecular flexibility index (Phi) is 2.18. The minimum absolute atomic E-state index is 0.190. The van der Waals surface area contributed by atoms with E-state index in [9.17, 15) is 0 Å². The van der Waals surface area contributed by atoms with Crippen LogP contribution in [0.25, 0.3) is 0 Å². The van der Waals surface area contributed by atoms with Crippen molar-refractivity contribution in [3.63, 3.8) is 0 Å². The summed E-state index contributed by atoms with van der Waals surface area (Å²) in [7, 11) is 0. The molecule has 0 aromatic heterocycles. The fourth-order valence-corrected chi connectivity index (χ4v) is 4.50. The van der Waals surface area contributed by atoms with Gasteiger partial charge in [-0.05, 0) is 61.5 Å². The molecule has 0 nitrogen and oxygen atoms in total. The van der Waals surface area contributed by atoms with Gasteiger partial charge in [-0.3, -0.25) is 0 Å². The average Bonchev–Trinajstić information content (AvgIpc) is 1.99. The normalized spacial score (nSPS) is 25.0. The van der Waals surface area contributed by atoms with Gasteiger partial charge in [-0.25, -0.2) is 0 Å². The van der Waals surface area contributed by atoms with E-state index in [0.29, 0.717) is 0 Å². The van der Waals surface area contributed by atoms with E-state index >= 15 is 0 Å². The van der Waals surface area contributed by atoms with Crippen LogP contribution >= 0.6 is 46.8 Å². The minimum Gasteiger partial charge on any atom is -0.133 e. The van der Waals surface area contributed by atoms with E-state index in [1.807, 2.05) is 0 Å². The van der Waals surface area contributed by atoms with Gasteiger partial charge in [0.2, 0.25) is 0 Å². The van der Waals surface area contributed by atoms with E-state index in [0.717, 1.165) is 5.25 Å². The molecule has 3 heteroatoms. The Morgan fingerprint density at radius 2 is 1.86 bits per heavy atom. The second-order valence-corrected chi connectivity index (χ2v) is 20.2. The van der Waals surface area contributed by atoms with Crippen molar-refractivity contribution in [3.05, 3.63) is 0 Å². The third kappa shape index (κ3) is 2.26. The highest BCUT2D eigenvalue weighted by Crippen LogP contribution is 2.71. The molecule has 1 aliphatic carbocycles. The highest BCUT2D eigenvalue weighted by atomic mass is 127. The first kappa shape index (κ1) is 6.92. The van der Waals surface area contributed by atoms with Gasteiger partial charge in [-0.2, -0.15) is 0 Å². The molecule has 1 fully saturated rings. The maximum absolute atomic E-state index is 2.60. The number of hydrogen-bond donors (Lipinski definition) is 0. The molecule has 0 aromatic carbocycles. The quantitative estimate of drug-likeness (QED) is 0.642. The fourth-order valence-electron chi connectivity index (χ4n) is 0.482. The molecule has 0 unspecified atom stereocenters. The van der Waals surface area contributed by atoms with Crippen molar-refractivity contribution in [1.82, 2.24) is 0 Å². The summed E-state index contributed by atoms with van der Waals surface area (Å²) in [6, 6.07) is 0. The zero-order chi connectivity index (χ0) is 5.49. The standard InChI is InChI=1S/C4H8I2S/c1-7(5,6)4-2-3-4/h4H,2-3H2,1H3. The van der Waals surface area contributed by atoms with Crippen molar-refractivity contribution >= 4 is 46.8 Å². The van der Waals surface area contributed by atoms with Gasteiger partial charge in [0, 0.05) is 5.25 Å².